The number of hydrogen-bond donors (Lipinski definition) is 1. The topological polar surface area (TPSA) is 62.3 Å². The normalized spacial score (nSPS) is 18.7. The molecule has 0 saturated heterocycles. The second kappa shape index (κ2) is 7.24. The van der Waals surface area contributed by atoms with E-state index in [1.165, 1.54) is 18.5 Å². The number of anilines is 1. The van der Waals surface area contributed by atoms with Crippen LogP contribution in [-0.2, 0) is 23.0 Å². The number of aryl methyl sites for hydroxylation is 1. The minimum absolute atomic E-state index is 0.261. The summed E-state index contributed by atoms with van der Waals surface area (Å²) in [5.74, 6) is 0. The van der Waals surface area contributed by atoms with Crippen LogP contribution in [0.5, 0.6) is 0 Å². The largest absolute Gasteiger partial charge is 0.511 e. The number of fused-ring (bicyclic) bond motifs is 1. The number of nitrogens with one attached hydrogen (secondary N) is 1. The summed E-state index contributed by atoms with van der Waals surface area (Å²) in [4.78, 5) is 3.98. The Morgan fingerprint density at radius 1 is 1.19 bits per heavy atom. The zero-order valence-corrected chi connectivity index (χ0v) is 14.6. The Bertz CT molecular complexity index is 857. The molecule has 0 spiro atoms. The lowest BCUT2D eigenvalue weighted by molar-refractivity contribution is -0.0491. The lowest BCUT2D eigenvalue weighted by Gasteiger charge is -2.25. The van der Waals surface area contributed by atoms with Crippen LogP contribution in [0.25, 0.3) is 0 Å². The number of aromatic nitrogens is 1. The summed E-state index contributed by atoms with van der Waals surface area (Å²) >= 11 is 0. The highest BCUT2D eigenvalue weighted by molar-refractivity contribution is 7.89. The third kappa shape index (κ3) is 3.99. The molecule has 9 heteroatoms. The molecule has 0 bridgehead atoms. The van der Waals surface area contributed by atoms with Gasteiger partial charge in [0.25, 0.3) is 0 Å². The smallest absolute Gasteiger partial charge is 0.379 e. The molecule has 0 radical (unpaired) electrons. The number of benzene rings is 1. The van der Waals surface area contributed by atoms with Gasteiger partial charge in [0, 0.05) is 25.3 Å². The third-order valence-electron chi connectivity index (χ3n) is 4.30. The molecule has 1 aromatic heterocycles. The van der Waals surface area contributed by atoms with Crippen LogP contribution < -0.4 is 5.32 Å². The molecule has 1 aliphatic rings. The maximum atomic E-state index is 13.0. The van der Waals surface area contributed by atoms with Gasteiger partial charge in [0.1, 0.15) is 0 Å². The average Bonchev–Trinajstić information content (AvgIpc) is 2.79. The molecule has 1 unspecified atom stereocenters. The molecule has 0 saturated carbocycles. The Kier molecular flexibility index (Phi) is 5.19. The first-order valence-electron chi connectivity index (χ1n) is 8.07. The van der Waals surface area contributed by atoms with Gasteiger partial charge in [-0.15, -0.1) is 0 Å². The number of nitrogens with zero attached hydrogens (tertiary/aromatic N) is 2. The first kappa shape index (κ1) is 18.7. The maximum absolute atomic E-state index is 13.0. The second-order valence-corrected chi connectivity index (χ2v) is 8.07. The number of pyridine rings is 1. The molecular formula is C17H18F3N3O2S. The minimum Gasteiger partial charge on any atom is -0.379 e. The van der Waals surface area contributed by atoms with Crippen LogP contribution in [0.2, 0.25) is 0 Å². The van der Waals surface area contributed by atoms with Crippen molar-refractivity contribution in [1.29, 1.82) is 0 Å². The number of hydrogen-bond acceptors (Lipinski definition) is 4. The first-order chi connectivity index (χ1) is 12.3. The predicted octanol–water partition coefficient (Wildman–Crippen LogP) is 3.16. The van der Waals surface area contributed by atoms with Crippen LogP contribution in [0.1, 0.15) is 17.5 Å². The molecular weight excluding hydrogens is 367 g/mol. The Balaban J connectivity index is 1.86. The lowest BCUT2D eigenvalue weighted by Crippen LogP contribution is -2.44. The fourth-order valence-electron chi connectivity index (χ4n) is 2.94. The molecule has 0 aliphatic carbocycles. The van der Waals surface area contributed by atoms with Crippen molar-refractivity contribution in [3.8, 4) is 0 Å². The Morgan fingerprint density at radius 2 is 1.92 bits per heavy atom. The van der Waals surface area contributed by atoms with Crippen molar-refractivity contribution in [1.82, 2.24) is 9.29 Å². The molecule has 5 nitrogen and oxygen atoms in total. The molecule has 1 aromatic carbocycles. The van der Waals surface area contributed by atoms with E-state index < -0.39 is 21.6 Å². The monoisotopic (exact) mass is 385 g/mol. The first-order valence-corrected chi connectivity index (χ1v) is 9.51. The molecule has 0 fully saturated rings. The highest BCUT2D eigenvalue weighted by Crippen LogP contribution is 2.31. The predicted molar refractivity (Wildman–Crippen MR) is 91.8 cm³/mol. The van der Waals surface area contributed by atoms with Crippen molar-refractivity contribution in [2.24, 2.45) is 0 Å². The van der Waals surface area contributed by atoms with Crippen molar-refractivity contribution in [2.75, 3.05) is 11.9 Å². The van der Waals surface area contributed by atoms with Crippen LogP contribution in [0, 0.1) is 0 Å². The summed E-state index contributed by atoms with van der Waals surface area (Å²) in [6, 6.07) is 10.6. The van der Waals surface area contributed by atoms with Gasteiger partial charge in [-0.1, -0.05) is 30.3 Å². The van der Waals surface area contributed by atoms with E-state index in [0.717, 1.165) is 5.56 Å². The molecule has 2 heterocycles. The standard InChI is InChI=1S/C17H18F3N3O2S/c18-17(19,20)26(24,25)23-11-14-8-9-21-10-16(14)22-15(12-23)7-6-13-4-2-1-3-5-13/h1-5,8-10,15,22H,6-7,11-12H2. The molecule has 0 amide bonds. The highest BCUT2D eigenvalue weighted by Gasteiger charge is 2.50. The quantitative estimate of drug-likeness (QED) is 0.878. The number of alkyl halides is 3. The molecule has 2 aromatic rings. The van der Waals surface area contributed by atoms with Gasteiger partial charge in [0.05, 0.1) is 11.9 Å². The van der Waals surface area contributed by atoms with E-state index in [4.69, 9.17) is 0 Å². The van der Waals surface area contributed by atoms with Gasteiger partial charge < -0.3 is 5.32 Å². The van der Waals surface area contributed by atoms with Crippen molar-refractivity contribution < 1.29 is 21.6 Å². The molecule has 26 heavy (non-hydrogen) atoms. The van der Waals surface area contributed by atoms with Gasteiger partial charge in [-0.2, -0.15) is 17.5 Å². The van der Waals surface area contributed by atoms with Crippen molar-refractivity contribution >= 4 is 15.7 Å². The molecule has 1 aliphatic heterocycles. The zero-order valence-electron chi connectivity index (χ0n) is 13.8. The second-order valence-electron chi connectivity index (χ2n) is 6.14. The van der Waals surface area contributed by atoms with Crippen LogP contribution in [-0.4, -0.2) is 35.8 Å². The van der Waals surface area contributed by atoms with Crippen molar-refractivity contribution in [3.05, 3.63) is 59.9 Å². The summed E-state index contributed by atoms with van der Waals surface area (Å²) in [6.45, 7) is -0.599. The molecule has 1 atom stereocenters. The lowest BCUT2D eigenvalue weighted by atomic mass is 10.1. The summed E-state index contributed by atoms with van der Waals surface area (Å²) in [7, 11) is -5.41. The average molecular weight is 385 g/mol. The zero-order chi connectivity index (χ0) is 18.8. The molecule has 3 rings (SSSR count). The fourth-order valence-corrected chi connectivity index (χ4v) is 3.91. The third-order valence-corrected chi connectivity index (χ3v) is 5.84. The van der Waals surface area contributed by atoms with Gasteiger partial charge in [-0.25, -0.2) is 8.42 Å². The van der Waals surface area contributed by atoms with E-state index in [9.17, 15) is 21.6 Å². The minimum atomic E-state index is -5.41. The van der Waals surface area contributed by atoms with E-state index in [2.05, 4.69) is 10.3 Å². The number of halogens is 3. The number of rotatable bonds is 4. The van der Waals surface area contributed by atoms with Crippen LogP contribution in [0.3, 0.4) is 0 Å². The van der Waals surface area contributed by atoms with Gasteiger partial charge in [0.2, 0.25) is 0 Å². The summed E-state index contributed by atoms with van der Waals surface area (Å²) in [5.41, 5.74) is -3.26. The van der Waals surface area contributed by atoms with Crippen LogP contribution in [0.4, 0.5) is 18.9 Å². The Hall–Kier alpha value is -2.13. The fraction of sp³-hybridized carbons (Fsp3) is 0.353. The van der Waals surface area contributed by atoms with Crippen LogP contribution in [0.15, 0.2) is 48.8 Å². The van der Waals surface area contributed by atoms with E-state index in [-0.39, 0.29) is 13.1 Å². The SMILES string of the molecule is O=S(=O)(N1Cc2ccncc2NC(CCc2ccccc2)C1)C(F)(F)F. The number of sulfonamides is 1. The van der Waals surface area contributed by atoms with Crippen molar-refractivity contribution in [2.45, 2.75) is 30.9 Å². The van der Waals surface area contributed by atoms with E-state index in [0.29, 0.717) is 28.4 Å². The molecule has 140 valence electrons. The highest BCUT2D eigenvalue weighted by atomic mass is 32.2. The maximum Gasteiger partial charge on any atom is 0.511 e. The van der Waals surface area contributed by atoms with Crippen LogP contribution >= 0.6 is 0 Å². The van der Waals surface area contributed by atoms with E-state index in [1.54, 1.807) is 0 Å². The van der Waals surface area contributed by atoms with Gasteiger partial charge in [-0.3, -0.25) is 4.98 Å². The Labute approximate surface area is 149 Å². The van der Waals surface area contributed by atoms with E-state index in [1.807, 2.05) is 30.3 Å². The summed E-state index contributed by atoms with van der Waals surface area (Å²) in [5, 5.41) is 3.15. The molecule has 1 N–H and O–H groups in total. The van der Waals surface area contributed by atoms with Gasteiger partial charge in [-0.05, 0) is 30.0 Å². The van der Waals surface area contributed by atoms with Crippen molar-refractivity contribution in [3.63, 3.8) is 0 Å². The van der Waals surface area contributed by atoms with Gasteiger partial charge in [0.15, 0.2) is 0 Å². The van der Waals surface area contributed by atoms with E-state index >= 15 is 0 Å². The summed E-state index contributed by atoms with van der Waals surface area (Å²) < 4.78 is 63.5. The summed E-state index contributed by atoms with van der Waals surface area (Å²) in [6.07, 6.45) is 4.05. The Morgan fingerprint density at radius 3 is 2.62 bits per heavy atom. The van der Waals surface area contributed by atoms with Gasteiger partial charge >= 0.3 is 15.5 Å².